The molecule has 0 aliphatic rings. The molecule has 5 heteroatoms. The largest absolute Gasteiger partial charge is 0.456 e. The first-order valence-electron chi connectivity index (χ1n) is 15.6. The second-order valence-corrected chi connectivity index (χ2v) is 11.9. The van der Waals surface area contributed by atoms with Crippen molar-refractivity contribution in [2.45, 2.75) is 0 Å². The second kappa shape index (κ2) is 10.0. The summed E-state index contributed by atoms with van der Waals surface area (Å²) in [5.41, 5.74) is 4.30. The molecule has 0 saturated heterocycles. The third-order valence-electron chi connectivity index (χ3n) is 9.21. The van der Waals surface area contributed by atoms with E-state index in [0.717, 1.165) is 54.8 Å². The minimum Gasteiger partial charge on any atom is -0.456 e. The Hall–Kier alpha value is -6.46. The lowest BCUT2D eigenvalue weighted by molar-refractivity contribution is 0.668. The number of fused-ring (bicyclic) bond motifs is 9. The van der Waals surface area contributed by atoms with Crippen molar-refractivity contribution in [1.82, 2.24) is 19.9 Å². The molecule has 0 atom stereocenters. The van der Waals surface area contributed by atoms with Gasteiger partial charge >= 0.3 is 0 Å². The molecule has 3 heterocycles. The van der Waals surface area contributed by atoms with E-state index in [1.807, 2.05) is 24.4 Å². The molecule has 7 aromatic carbocycles. The number of hydrogen-bond donors (Lipinski definition) is 0. The fourth-order valence-corrected chi connectivity index (χ4v) is 6.98. The van der Waals surface area contributed by atoms with Gasteiger partial charge in [-0.05, 0) is 61.3 Å². The van der Waals surface area contributed by atoms with Crippen molar-refractivity contribution in [2.24, 2.45) is 0 Å². The van der Waals surface area contributed by atoms with Gasteiger partial charge in [0.15, 0.2) is 17.5 Å². The van der Waals surface area contributed by atoms with Crippen LogP contribution in [0.5, 0.6) is 0 Å². The predicted molar refractivity (Wildman–Crippen MR) is 191 cm³/mol. The van der Waals surface area contributed by atoms with Gasteiger partial charge in [-0.2, -0.15) is 0 Å². The second-order valence-electron chi connectivity index (χ2n) is 11.9. The Kier molecular flexibility index (Phi) is 5.51. The summed E-state index contributed by atoms with van der Waals surface area (Å²) in [6.07, 6.45) is 3.59. The summed E-state index contributed by atoms with van der Waals surface area (Å²) in [7, 11) is 0. The lowest BCUT2D eigenvalue weighted by Crippen LogP contribution is -2.01. The highest BCUT2D eigenvalue weighted by molar-refractivity contribution is 6.19. The molecule has 0 spiro atoms. The predicted octanol–water partition coefficient (Wildman–Crippen LogP) is 10.8. The van der Waals surface area contributed by atoms with E-state index in [0.29, 0.717) is 17.5 Å². The van der Waals surface area contributed by atoms with Crippen LogP contribution in [0.3, 0.4) is 0 Å². The van der Waals surface area contributed by atoms with Crippen LogP contribution in [0.1, 0.15) is 0 Å². The number of nitrogens with zero attached hydrogens (tertiary/aromatic N) is 4. The Bertz CT molecular complexity index is 2870. The van der Waals surface area contributed by atoms with Gasteiger partial charge in [-0.15, -0.1) is 0 Å². The van der Waals surface area contributed by atoms with Gasteiger partial charge in [0.25, 0.3) is 0 Å². The summed E-state index contributed by atoms with van der Waals surface area (Å²) >= 11 is 0. The molecule has 10 rings (SSSR count). The van der Waals surface area contributed by atoms with Crippen LogP contribution < -0.4 is 0 Å². The molecule has 0 N–H and O–H groups in total. The van der Waals surface area contributed by atoms with E-state index in [1.165, 1.54) is 26.9 Å². The maximum atomic E-state index is 6.21. The first-order valence-corrected chi connectivity index (χ1v) is 15.6. The molecule has 0 unspecified atom stereocenters. The van der Waals surface area contributed by atoms with Crippen LogP contribution in [0.25, 0.3) is 99.2 Å². The molecule has 0 bridgehead atoms. The smallest absolute Gasteiger partial charge is 0.164 e. The van der Waals surface area contributed by atoms with Crippen molar-refractivity contribution in [1.29, 1.82) is 0 Å². The highest BCUT2D eigenvalue weighted by Gasteiger charge is 2.19. The van der Waals surface area contributed by atoms with Crippen molar-refractivity contribution < 1.29 is 4.42 Å². The Labute approximate surface area is 268 Å². The number of furan rings is 1. The average Bonchev–Trinajstić information content (AvgIpc) is 3.53. The van der Waals surface area contributed by atoms with E-state index in [2.05, 4.69) is 120 Å². The summed E-state index contributed by atoms with van der Waals surface area (Å²) in [6, 6.07) is 46.4. The van der Waals surface area contributed by atoms with E-state index in [9.17, 15) is 0 Å². The molecule has 0 radical (unpaired) electrons. The van der Waals surface area contributed by atoms with Crippen LogP contribution in [0, 0.1) is 0 Å². The van der Waals surface area contributed by atoms with Gasteiger partial charge in [0, 0.05) is 39.9 Å². The zero-order valence-corrected chi connectivity index (χ0v) is 25.1. The summed E-state index contributed by atoms with van der Waals surface area (Å²) < 4.78 is 6.21. The first-order chi connectivity index (χ1) is 23.3. The Morgan fingerprint density at radius 2 is 1.06 bits per heavy atom. The van der Waals surface area contributed by atoms with Crippen LogP contribution in [0.4, 0.5) is 0 Å². The molecular formula is C42H24N4O. The molecule has 0 saturated carbocycles. The van der Waals surface area contributed by atoms with Crippen molar-refractivity contribution in [2.75, 3.05) is 0 Å². The van der Waals surface area contributed by atoms with Crippen LogP contribution in [-0.2, 0) is 0 Å². The van der Waals surface area contributed by atoms with Gasteiger partial charge in [0.1, 0.15) is 11.2 Å². The molecule has 0 aliphatic carbocycles. The molecule has 10 aromatic rings. The maximum absolute atomic E-state index is 6.21. The van der Waals surface area contributed by atoms with Crippen molar-refractivity contribution in [3.63, 3.8) is 0 Å². The Morgan fingerprint density at radius 1 is 0.404 bits per heavy atom. The van der Waals surface area contributed by atoms with Crippen LogP contribution >= 0.6 is 0 Å². The van der Waals surface area contributed by atoms with E-state index in [-0.39, 0.29) is 0 Å². The van der Waals surface area contributed by atoms with Gasteiger partial charge in [0.05, 0.1) is 0 Å². The first kappa shape index (κ1) is 25.8. The average molecular weight is 601 g/mol. The van der Waals surface area contributed by atoms with E-state index < -0.39 is 0 Å². The van der Waals surface area contributed by atoms with Gasteiger partial charge in [-0.25, -0.2) is 15.0 Å². The van der Waals surface area contributed by atoms with Crippen LogP contribution in [0.15, 0.2) is 150 Å². The number of aromatic nitrogens is 4. The Morgan fingerprint density at radius 3 is 2.00 bits per heavy atom. The zero-order valence-electron chi connectivity index (χ0n) is 25.1. The SMILES string of the molecule is c1ccc2cc(-c3nc(-c4cccc5c4ccc4c6ccccc6ccc54)nc(-c4cccc5oc6ccncc6c45)n3)ccc2c1. The third-order valence-corrected chi connectivity index (χ3v) is 9.21. The van der Waals surface area contributed by atoms with Crippen molar-refractivity contribution in [3.8, 4) is 34.2 Å². The van der Waals surface area contributed by atoms with Crippen LogP contribution in [-0.4, -0.2) is 19.9 Å². The highest BCUT2D eigenvalue weighted by Crippen LogP contribution is 2.38. The monoisotopic (exact) mass is 600 g/mol. The van der Waals surface area contributed by atoms with Gasteiger partial charge in [-0.1, -0.05) is 115 Å². The van der Waals surface area contributed by atoms with Crippen LogP contribution in [0.2, 0.25) is 0 Å². The standard InChI is InChI=1S/C42H24N4O/c1-2-9-27-23-28(16-15-25(27)7-1)40-44-41(46-42(45-40)35-13-6-14-38-39(35)36-24-43-22-21-37(36)47-38)34-12-5-11-30-32-18-17-26-8-3-4-10-29(26)31(32)19-20-33(30)34/h1-24H. The van der Waals surface area contributed by atoms with E-state index in [4.69, 9.17) is 19.4 Å². The fourth-order valence-electron chi connectivity index (χ4n) is 6.98. The molecule has 0 fully saturated rings. The molecular weight excluding hydrogens is 576 g/mol. The lowest BCUT2D eigenvalue weighted by Gasteiger charge is -2.13. The molecule has 0 aliphatic heterocycles. The molecule has 218 valence electrons. The molecule has 47 heavy (non-hydrogen) atoms. The number of benzene rings is 7. The third kappa shape index (κ3) is 4.03. The Balaban J connectivity index is 1.26. The molecule has 5 nitrogen and oxygen atoms in total. The zero-order chi connectivity index (χ0) is 30.9. The topological polar surface area (TPSA) is 64.7 Å². The lowest BCUT2D eigenvalue weighted by atomic mass is 9.95. The summed E-state index contributed by atoms with van der Waals surface area (Å²) in [6.45, 7) is 0. The summed E-state index contributed by atoms with van der Waals surface area (Å²) in [5, 5.41) is 11.3. The maximum Gasteiger partial charge on any atom is 0.164 e. The molecule has 0 amide bonds. The quantitative estimate of drug-likeness (QED) is 0.189. The minimum absolute atomic E-state index is 0.582. The van der Waals surface area contributed by atoms with Gasteiger partial charge in [-0.3, -0.25) is 4.98 Å². The van der Waals surface area contributed by atoms with Crippen molar-refractivity contribution >= 4 is 65.0 Å². The summed E-state index contributed by atoms with van der Waals surface area (Å²) in [5.74, 6) is 1.81. The van der Waals surface area contributed by atoms with Gasteiger partial charge < -0.3 is 4.42 Å². The number of rotatable bonds is 3. The number of hydrogen-bond acceptors (Lipinski definition) is 5. The number of pyridine rings is 1. The van der Waals surface area contributed by atoms with Gasteiger partial charge in [0.2, 0.25) is 0 Å². The minimum atomic E-state index is 0.582. The summed E-state index contributed by atoms with van der Waals surface area (Å²) in [4.78, 5) is 19.9. The molecule has 3 aromatic heterocycles. The normalized spacial score (nSPS) is 11.8. The van der Waals surface area contributed by atoms with E-state index in [1.54, 1.807) is 6.20 Å². The highest BCUT2D eigenvalue weighted by atomic mass is 16.3. The fraction of sp³-hybridized carbons (Fsp3) is 0. The van der Waals surface area contributed by atoms with Crippen molar-refractivity contribution in [3.05, 3.63) is 146 Å². The van der Waals surface area contributed by atoms with E-state index >= 15 is 0 Å².